The van der Waals surface area contributed by atoms with Gasteiger partial charge in [0.1, 0.15) is 0 Å². The average molecular weight is 449 g/mol. The molecule has 0 unspecified atom stereocenters. The van der Waals surface area contributed by atoms with E-state index in [0.717, 1.165) is 36.6 Å². The number of carbonyl (C=O) groups excluding carboxylic acids is 3. The van der Waals surface area contributed by atoms with Gasteiger partial charge in [-0.25, -0.2) is 4.79 Å². The largest absolute Gasteiger partial charge is 0.462 e. The van der Waals surface area contributed by atoms with Crippen LogP contribution in [0.25, 0.3) is 0 Å². The van der Waals surface area contributed by atoms with Gasteiger partial charge in [-0.05, 0) is 73.2 Å². The van der Waals surface area contributed by atoms with E-state index in [1.165, 1.54) is 12.1 Å². The molecular formula is C22H22Cl2N2O4. The third-order valence-corrected chi connectivity index (χ3v) is 5.67. The maximum absolute atomic E-state index is 12.4. The Morgan fingerprint density at radius 3 is 2.07 bits per heavy atom. The smallest absolute Gasteiger partial charge is 0.396 e. The fraction of sp³-hybridized carbons (Fsp3) is 0.318. The van der Waals surface area contributed by atoms with Crippen LogP contribution in [0.1, 0.15) is 45.5 Å². The van der Waals surface area contributed by atoms with E-state index >= 15 is 0 Å². The normalized spacial score (nSPS) is 13.0. The summed E-state index contributed by atoms with van der Waals surface area (Å²) in [6.45, 7) is 3.89. The first-order valence-electron chi connectivity index (χ1n) is 9.47. The molecule has 3 rings (SSSR count). The Bertz CT molecular complexity index is 986. The predicted molar refractivity (Wildman–Crippen MR) is 116 cm³/mol. The maximum Gasteiger partial charge on any atom is 0.396 e. The van der Waals surface area contributed by atoms with E-state index in [0.29, 0.717) is 39.3 Å². The van der Waals surface area contributed by atoms with E-state index in [2.05, 4.69) is 15.4 Å². The number of esters is 1. The molecule has 0 aromatic heterocycles. The van der Waals surface area contributed by atoms with Crippen molar-refractivity contribution in [3.63, 3.8) is 0 Å². The van der Waals surface area contributed by atoms with E-state index in [9.17, 15) is 14.4 Å². The number of amides is 2. The number of anilines is 1. The lowest BCUT2D eigenvalue weighted by molar-refractivity contribution is -0.150. The number of aryl methyl sites for hydroxylation is 2. The lowest BCUT2D eigenvalue weighted by atomic mass is 9.93. The van der Waals surface area contributed by atoms with Gasteiger partial charge >= 0.3 is 11.9 Å². The first kappa shape index (κ1) is 22.1. The second-order valence-corrected chi connectivity index (χ2v) is 8.19. The molecule has 6 nitrogen and oxygen atoms in total. The zero-order chi connectivity index (χ0) is 22.0. The van der Waals surface area contributed by atoms with Crippen LogP contribution in [0.5, 0.6) is 0 Å². The molecule has 1 aliphatic rings. The zero-order valence-electron chi connectivity index (χ0n) is 16.9. The summed E-state index contributed by atoms with van der Waals surface area (Å²) in [7, 11) is 1.12. The van der Waals surface area contributed by atoms with Gasteiger partial charge in [-0.15, -0.1) is 0 Å². The van der Waals surface area contributed by atoms with Crippen molar-refractivity contribution in [1.29, 1.82) is 0 Å². The summed E-state index contributed by atoms with van der Waals surface area (Å²) in [6, 6.07) is 7.10. The number of benzene rings is 2. The minimum Gasteiger partial charge on any atom is -0.462 e. The molecule has 0 bridgehead atoms. The van der Waals surface area contributed by atoms with Crippen molar-refractivity contribution in [3.05, 3.63) is 62.1 Å². The highest BCUT2D eigenvalue weighted by Crippen LogP contribution is 2.33. The van der Waals surface area contributed by atoms with Crippen molar-refractivity contribution in [1.82, 2.24) is 5.32 Å². The fourth-order valence-electron chi connectivity index (χ4n) is 3.20. The second kappa shape index (κ2) is 9.06. The molecule has 2 aromatic rings. The van der Waals surface area contributed by atoms with Gasteiger partial charge in [0.05, 0.1) is 7.11 Å². The number of hydrogen-bond donors (Lipinski definition) is 2. The van der Waals surface area contributed by atoms with Gasteiger partial charge in [-0.1, -0.05) is 23.2 Å². The van der Waals surface area contributed by atoms with Gasteiger partial charge in [-0.3, -0.25) is 9.59 Å². The molecule has 0 atom stereocenters. The standard InChI is InChI=1S/C22H22Cl2N2O4/c1-11-6-13(20(27)25-14-4-5-14)7-12(2)16(11)10-17-18(23)8-15(9-19(17)24)26-21(28)22(29)30-3/h6-9,14H,4-5,10H2,1-3H3,(H,25,27)(H,26,28). The quantitative estimate of drug-likeness (QED) is 0.529. The van der Waals surface area contributed by atoms with E-state index in [-0.39, 0.29) is 5.91 Å². The summed E-state index contributed by atoms with van der Waals surface area (Å²) in [5, 5.41) is 6.12. The summed E-state index contributed by atoms with van der Waals surface area (Å²) in [5.41, 5.74) is 4.57. The molecule has 30 heavy (non-hydrogen) atoms. The van der Waals surface area contributed by atoms with Crippen molar-refractivity contribution in [2.75, 3.05) is 12.4 Å². The number of nitrogens with one attached hydrogen (secondary N) is 2. The van der Waals surface area contributed by atoms with Crippen molar-refractivity contribution in [3.8, 4) is 0 Å². The van der Waals surface area contributed by atoms with Crippen LogP contribution >= 0.6 is 23.2 Å². The van der Waals surface area contributed by atoms with Gasteiger partial charge in [-0.2, -0.15) is 0 Å². The zero-order valence-corrected chi connectivity index (χ0v) is 18.4. The molecule has 0 saturated heterocycles. The van der Waals surface area contributed by atoms with Gasteiger partial charge < -0.3 is 15.4 Å². The highest BCUT2D eigenvalue weighted by atomic mass is 35.5. The van der Waals surface area contributed by atoms with Crippen molar-refractivity contribution < 1.29 is 19.1 Å². The van der Waals surface area contributed by atoms with Gasteiger partial charge in [0.2, 0.25) is 0 Å². The fourth-order valence-corrected chi connectivity index (χ4v) is 3.82. The Kier molecular flexibility index (Phi) is 6.68. The highest BCUT2D eigenvalue weighted by molar-refractivity contribution is 6.39. The van der Waals surface area contributed by atoms with E-state index in [1.54, 1.807) is 0 Å². The van der Waals surface area contributed by atoms with Gasteiger partial charge in [0.15, 0.2) is 0 Å². The minimum atomic E-state index is -1.01. The first-order chi connectivity index (χ1) is 14.2. The molecular weight excluding hydrogens is 427 g/mol. The Hall–Kier alpha value is -2.57. The summed E-state index contributed by atoms with van der Waals surface area (Å²) in [6.07, 6.45) is 2.54. The van der Waals surface area contributed by atoms with Crippen LogP contribution < -0.4 is 10.6 Å². The van der Waals surface area contributed by atoms with E-state index < -0.39 is 11.9 Å². The highest BCUT2D eigenvalue weighted by Gasteiger charge is 2.24. The predicted octanol–water partition coefficient (Wildman–Crippen LogP) is 4.20. The van der Waals surface area contributed by atoms with Crippen LogP contribution in [0, 0.1) is 13.8 Å². The maximum atomic E-state index is 12.4. The number of ether oxygens (including phenoxy) is 1. The molecule has 1 fully saturated rings. The van der Waals surface area contributed by atoms with Crippen LogP contribution in [0.3, 0.4) is 0 Å². The molecule has 1 saturated carbocycles. The van der Waals surface area contributed by atoms with Gasteiger partial charge in [0.25, 0.3) is 5.91 Å². The second-order valence-electron chi connectivity index (χ2n) is 7.38. The number of halogens is 2. The number of rotatable bonds is 5. The lowest BCUT2D eigenvalue weighted by Gasteiger charge is -2.16. The van der Waals surface area contributed by atoms with Crippen LogP contribution in [0.2, 0.25) is 10.0 Å². The third kappa shape index (κ3) is 5.12. The Balaban J connectivity index is 1.82. The minimum absolute atomic E-state index is 0.0583. The summed E-state index contributed by atoms with van der Waals surface area (Å²) in [4.78, 5) is 35.3. The summed E-state index contributed by atoms with van der Waals surface area (Å²) < 4.78 is 4.38. The molecule has 8 heteroatoms. The number of hydrogen-bond acceptors (Lipinski definition) is 4. The third-order valence-electron chi connectivity index (χ3n) is 4.99. The Morgan fingerprint density at radius 1 is 1.00 bits per heavy atom. The van der Waals surface area contributed by atoms with Crippen molar-refractivity contribution >= 4 is 46.7 Å². The molecule has 0 aliphatic heterocycles. The molecule has 0 spiro atoms. The van der Waals surface area contributed by atoms with Crippen molar-refractivity contribution in [2.45, 2.75) is 39.2 Å². The average Bonchev–Trinajstić information content (AvgIpc) is 3.49. The van der Waals surface area contributed by atoms with Crippen LogP contribution in [-0.4, -0.2) is 30.9 Å². The number of carbonyl (C=O) groups is 3. The van der Waals surface area contributed by atoms with Crippen LogP contribution in [-0.2, 0) is 20.7 Å². The first-order valence-corrected chi connectivity index (χ1v) is 10.2. The van der Waals surface area contributed by atoms with Gasteiger partial charge in [0, 0.05) is 33.8 Å². The molecule has 0 radical (unpaired) electrons. The monoisotopic (exact) mass is 448 g/mol. The Labute approximate surface area is 184 Å². The van der Waals surface area contributed by atoms with E-state index in [1.807, 2.05) is 26.0 Å². The topological polar surface area (TPSA) is 84.5 Å². The molecule has 158 valence electrons. The molecule has 2 amide bonds. The molecule has 2 aromatic carbocycles. The summed E-state index contributed by atoms with van der Waals surface area (Å²) >= 11 is 12.8. The molecule has 1 aliphatic carbocycles. The van der Waals surface area contributed by atoms with Crippen molar-refractivity contribution in [2.24, 2.45) is 0 Å². The molecule has 2 N–H and O–H groups in total. The molecule has 0 heterocycles. The summed E-state index contributed by atoms with van der Waals surface area (Å²) in [5.74, 6) is -1.98. The van der Waals surface area contributed by atoms with Crippen LogP contribution in [0.4, 0.5) is 5.69 Å². The lowest BCUT2D eigenvalue weighted by Crippen LogP contribution is -2.25. The van der Waals surface area contributed by atoms with E-state index in [4.69, 9.17) is 23.2 Å². The van der Waals surface area contributed by atoms with Crippen LogP contribution in [0.15, 0.2) is 24.3 Å². The number of methoxy groups -OCH3 is 1. The SMILES string of the molecule is COC(=O)C(=O)Nc1cc(Cl)c(Cc2c(C)cc(C(=O)NC3CC3)cc2C)c(Cl)c1. The Morgan fingerprint density at radius 2 is 1.57 bits per heavy atom.